The molecule has 0 spiro atoms. The topological polar surface area (TPSA) is 18.5 Å². The molecule has 0 aromatic rings. The van der Waals surface area contributed by atoms with Gasteiger partial charge < -0.3 is 8.85 Å². The minimum absolute atomic E-state index is 0.207. The lowest BCUT2D eigenvalue weighted by Crippen LogP contribution is -2.07. The van der Waals surface area contributed by atoms with E-state index in [1.807, 2.05) is 0 Å². The molecule has 0 aliphatic carbocycles. The molecule has 0 rings (SSSR count). The highest BCUT2D eigenvalue weighted by atomic mass is 28.2. The van der Waals surface area contributed by atoms with Crippen LogP contribution in [-0.4, -0.2) is 31.7 Å². The van der Waals surface area contributed by atoms with Gasteiger partial charge in [-0.05, 0) is 39.8 Å². The van der Waals surface area contributed by atoms with E-state index in [1.54, 1.807) is 0 Å². The Hall–Kier alpha value is 0.354. The van der Waals surface area contributed by atoms with Gasteiger partial charge in [0.2, 0.25) is 0 Å². The molecule has 0 unspecified atom stereocenters. The van der Waals surface area contributed by atoms with Crippen molar-refractivity contribution in [3.63, 3.8) is 0 Å². The van der Waals surface area contributed by atoms with Gasteiger partial charge in [-0.25, -0.2) is 0 Å². The van der Waals surface area contributed by atoms with Gasteiger partial charge in [0, 0.05) is 12.2 Å². The molecule has 0 fully saturated rings. The Balaban J connectivity index is 2.93. The van der Waals surface area contributed by atoms with Crippen molar-refractivity contribution in [1.29, 1.82) is 0 Å². The lowest BCUT2D eigenvalue weighted by atomic mass is 10.2. The minimum atomic E-state index is -0.207. The first kappa shape index (κ1) is 16.4. The van der Waals surface area contributed by atoms with E-state index < -0.39 is 0 Å². The fourth-order valence-electron chi connectivity index (χ4n) is 1.55. The molecule has 0 aromatic heterocycles. The molecule has 0 aromatic carbocycles. The first-order valence-electron chi connectivity index (χ1n) is 6.86. The molecule has 0 heterocycles. The predicted octanol–water partition coefficient (Wildman–Crippen LogP) is 2.40. The molecule has 0 aliphatic heterocycles. The SMILES string of the molecule is CC(C)O[SiH2]CCCCCC[SiH2]OC(C)C. The highest BCUT2D eigenvalue weighted by Gasteiger charge is 1.96. The zero-order chi connectivity index (χ0) is 12.2. The Bertz CT molecular complexity index is 125. The van der Waals surface area contributed by atoms with Gasteiger partial charge in [0.1, 0.15) is 0 Å². The van der Waals surface area contributed by atoms with Crippen LogP contribution in [-0.2, 0) is 8.85 Å². The van der Waals surface area contributed by atoms with Gasteiger partial charge in [0.25, 0.3) is 0 Å². The molecule has 0 amide bonds. The fourth-order valence-corrected chi connectivity index (χ4v) is 3.94. The summed E-state index contributed by atoms with van der Waals surface area (Å²) in [7, 11) is -0.414. The molecule has 4 heteroatoms. The fraction of sp³-hybridized carbons (Fsp3) is 1.00. The average molecular weight is 263 g/mol. The van der Waals surface area contributed by atoms with Crippen molar-refractivity contribution in [1.82, 2.24) is 0 Å². The molecule has 98 valence electrons. The number of unbranched alkanes of at least 4 members (excludes halogenated alkanes) is 3. The molecular weight excluding hydrogens is 232 g/mol. The summed E-state index contributed by atoms with van der Waals surface area (Å²) in [5.74, 6) is 0. The van der Waals surface area contributed by atoms with Crippen molar-refractivity contribution in [2.24, 2.45) is 0 Å². The summed E-state index contributed by atoms with van der Waals surface area (Å²) in [5.41, 5.74) is 0. The van der Waals surface area contributed by atoms with E-state index in [0.29, 0.717) is 12.2 Å². The van der Waals surface area contributed by atoms with Crippen LogP contribution in [0, 0.1) is 0 Å². The largest absolute Gasteiger partial charge is 0.422 e. The normalized spacial score (nSPS) is 13.1. The molecule has 0 saturated carbocycles. The maximum absolute atomic E-state index is 5.64. The Morgan fingerprint density at radius 2 is 1.06 bits per heavy atom. The Morgan fingerprint density at radius 1 is 0.688 bits per heavy atom. The van der Waals surface area contributed by atoms with Crippen molar-refractivity contribution in [3.8, 4) is 0 Å². The van der Waals surface area contributed by atoms with Crippen LogP contribution in [0.5, 0.6) is 0 Å². The predicted molar refractivity (Wildman–Crippen MR) is 77.6 cm³/mol. The van der Waals surface area contributed by atoms with E-state index in [-0.39, 0.29) is 19.5 Å². The first-order chi connectivity index (χ1) is 7.63. The van der Waals surface area contributed by atoms with Crippen molar-refractivity contribution >= 4 is 19.5 Å². The average Bonchev–Trinajstić information content (AvgIpc) is 2.20. The van der Waals surface area contributed by atoms with Crippen LogP contribution >= 0.6 is 0 Å². The summed E-state index contributed by atoms with van der Waals surface area (Å²) >= 11 is 0. The van der Waals surface area contributed by atoms with E-state index in [4.69, 9.17) is 8.85 Å². The number of hydrogen-bond acceptors (Lipinski definition) is 2. The third-order valence-corrected chi connectivity index (χ3v) is 5.82. The van der Waals surface area contributed by atoms with Crippen molar-refractivity contribution in [2.45, 2.75) is 77.7 Å². The van der Waals surface area contributed by atoms with Crippen molar-refractivity contribution < 1.29 is 8.85 Å². The van der Waals surface area contributed by atoms with Crippen molar-refractivity contribution in [2.75, 3.05) is 0 Å². The third kappa shape index (κ3) is 14.4. The summed E-state index contributed by atoms with van der Waals surface area (Å²) in [4.78, 5) is 0. The zero-order valence-corrected chi connectivity index (χ0v) is 14.5. The van der Waals surface area contributed by atoms with Crippen LogP contribution in [0.15, 0.2) is 0 Å². The first-order valence-corrected chi connectivity index (χ1v) is 10.0. The standard InChI is InChI=1S/C12H30O2Si2/c1-11(2)13-15-9-7-5-6-8-10-16-14-12(3)4/h11-12H,5-10,15-16H2,1-4H3. The van der Waals surface area contributed by atoms with Gasteiger partial charge in [-0.15, -0.1) is 0 Å². The maximum Gasteiger partial charge on any atom is 0.161 e. The van der Waals surface area contributed by atoms with E-state index in [0.717, 1.165) is 0 Å². The van der Waals surface area contributed by atoms with E-state index >= 15 is 0 Å². The minimum Gasteiger partial charge on any atom is -0.422 e. The molecule has 16 heavy (non-hydrogen) atoms. The second-order valence-corrected chi connectivity index (χ2v) is 7.86. The molecule has 0 bridgehead atoms. The zero-order valence-electron chi connectivity index (χ0n) is 11.6. The van der Waals surface area contributed by atoms with Gasteiger partial charge in [-0.3, -0.25) is 0 Å². The van der Waals surface area contributed by atoms with Crippen LogP contribution < -0.4 is 0 Å². The lowest BCUT2D eigenvalue weighted by molar-refractivity contribution is 0.253. The van der Waals surface area contributed by atoms with E-state index in [2.05, 4.69) is 27.7 Å². The smallest absolute Gasteiger partial charge is 0.161 e. The molecular formula is C12H30O2Si2. The lowest BCUT2D eigenvalue weighted by Gasteiger charge is -2.07. The van der Waals surface area contributed by atoms with Crippen LogP contribution in [0.3, 0.4) is 0 Å². The highest BCUT2D eigenvalue weighted by molar-refractivity contribution is 6.27. The number of rotatable bonds is 11. The van der Waals surface area contributed by atoms with Gasteiger partial charge >= 0.3 is 0 Å². The number of hydrogen-bond donors (Lipinski definition) is 0. The summed E-state index contributed by atoms with van der Waals surface area (Å²) in [5, 5.41) is 0. The van der Waals surface area contributed by atoms with Crippen LogP contribution in [0.4, 0.5) is 0 Å². The third-order valence-electron chi connectivity index (χ3n) is 2.44. The van der Waals surface area contributed by atoms with Gasteiger partial charge in [-0.2, -0.15) is 0 Å². The van der Waals surface area contributed by atoms with Crippen LogP contribution in [0.25, 0.3) is 0 Å². The molecule has 0 N–H and O–H groups in total. The van der Waals surface area contributed by atoms with Gasteiger partial charge in [-0.1, -0.05) is 25.7 Å². The monoisotopic (exact) mass is 262 g/mol. The maximum atomic E-state index is 5.64. The molecule has 2 nitrogen and oxygen atoms in total. The van der Waals surface area contributed by atoms with Crippen LogP contribution in [0.2, 0.25) is 12.1 Å². The second-order valence-electron chi connectivity index (χ2n) is 4.96. The molecule has 0 atom stereocenters. The van der Waals surface area contributed by atoms with Crippen LogP contribution in [0.1, 0.15) is 53.4 Å². The quantitative estimate of drug-likeness (QED) is 0.420. The Morgan fingerprint density at radius 3 is 1.38 bits per heavy atom. The summed E-state index contributed by atoms with van der Waals surface area (Å²) in [6.45, 7) is 8.53. The van der Waals surface area contributed by atoms with Gasteiger partial charge in [0.05, 0.1) is 0 Å². The van der Waals surface area contributed by atoms with E-state index in [1.165, 1.54) is 37.8 Å². The summed E-state index contributed by atoms with van der Waals surface area (Å²) < 4.78 is 11.3. The summed E-state index contributed by atoms with van der Waals surface area (Å²) in [6, 6.07) is 2.72. The Kier molecular flexibility index (Phi) is 12.1. The summed E-state index contributed by atoms with van der Waals surface area (Å²) in [6.07, 6.45) is 6.45. The van der Waals surface area contributed by atoms with Crippen molar-refractivity contribution in [3.05, 3.63) is 0 Å². The molecule has 0 radical (unpaired) electrons. The Labute approximate surface area is 106 Å². The second kappa shape index (κ2) is 11.8. The molecule has 0 aliphatic rings. The highest BCUT2D eigenvalue weighted by Crippen LogP contribution is 2.06. The van der Waals surface area contributed by atoms with Gasteiger partial charge in [0.15, 0.2) is 19.5 Å². The molecule has 0 saturated heterocycles. The van der Waals surface area contributed by atoms with E-state index in [9.17, 15) is 0 Å².